The Labute approximate surface area is 122 Å². The summed E-state index contributed by atoms with van der Waals surface area (Å²) in [6.07, 6.45) is 0.255. The van der Waals surface area contributed by atoms with Gasteiger partial charge in [-0.25, -0.2) is 5.84 Å². The van der Waals surface area contributed by atoms with Crippen LogP contribution in [0.3, 0.4) is 0 Å². The zero-order chi connectivity index (χ0) is 15.4. The van der Waals surface area contributed by atoms with Gasteiger partial charge in [-0.2, -0.15) is 0 Å². The molecule has 1 heterocycles. The topological polar surface area (TPSA) is 102 Å². The van der Waals surface area contributed by atoms with E-state index < -0.39 is 5.91 Å². The Morgan fingerprint density at radius 1 is 1.48 bits per heavy atom. The minimum atomic E-state index is -0.417. The van der Waals surface area contributed by atoms with Crippen molar-refractivity contribution in [2.75, 3.05) is 13.2 Å². The van der Waals surface area contributed by atoms with E-state index in [0.717, 1.165) is 0 Å². The fourth-order valence-electron chi connectivity index (χ4n) is 2.15. The van der Waals surface area contributed by atoms with Crippen molar-refractivity contribution in [2.45, 2.75) is 13.3 Å². The summed E-state index contributed by atoms with van der Waals surface area (Å²) in [5.41, 5.74) is 2.41. The summed E-state index contributed by atoms with van der Waals surface area (Å²) in [4.78, 5) is 35.9. The third-order valence-corrected chi connectivity index (χ3v) is 3.28. The van der Waals surface area contributed by atoms with Gasteiger partial charge in [0.1, 0.15) is 12.4 Å². The quantitative estimate of drug-likeness (QED) is 0.346. The standard InChI is InChI=1S/C14H17N3O4/c1-9-7-12(18)17(14(9)20)5-6-21-11-4-2-3-10(8-11)13(19)16-15/h2-4,8-9H,5-7,15H2,1H3,(H,16,19). The number of nitrogens with one attached hydrogen (secondary N) is 1. The minimum absolute atomic E-state index is 0.167. The van der Waals surface area contributed by atoms with Crippen LogP contribution in [0.1, 0.15) is 23.7 Å². The average molecular weight is 291 g/mol. The second-order valence-corrected chi connectivity index (χ2v) is 4.84. The maximum Gasteiger partial charge on any atom is 0.265 e. The summed E-state index contributed by atoms with van der Waals surface area (Å²) >= 11 is 0. The molecule has 1 aliphatic heterocycles. The van der Waals surface area contributed by atoms with Crippen LogP contribution in [0.15, 0.2) is 24.3 Å². The maximum absolute atomic E-state index is 11.7. The van der Waals surface area contributed by atoms with Crippen molar-refractivity contribution >= 4 is 17.7 Å². The first kappa shape index (κ1) is 15.0. The van der Waals surface area contributed by atoms with Crippen LogP contribution in [-0.2, 0) is 9.59 Å². The molecule has 1 aromatic carbocycles. The van der Waals surface area contributed by atoms with Gasteiger partial charge in [0.2, 0.25) is 11.8 Å². The molecule has 1 unspecified atom stereocenters. The molecule has 1 aromatic rings. The van der Waals surface area contributed by atoms with Crippen LogP contribution in [0.5, 0.6) is 5.75 Å². The zero-order valence-electron chi connectivity index (χ0n) is 11.7. The lowest BCUT2D eigenvalue weighted by Crippen LogP contribution is -2.34. The fourth-order valence-corrected chi connectivity index (χ4v) is 2.15. The molecule has 21 heavy (non-hydrogen) atoms. The molecule has 112 valence electrons. The number of imide groups is 1. The lowest BCUT2D eigenvalue weighted by Gasteiger charge is -2.15. The number of nitrogens with two attached hydrogens (primary N) is 1. The third kappa shape index (κ3) is 3.38. The summed E-state index contributed by atoms with van der Waals surface area (Å²) < 4.78 is 5.47. The molecule has 7 nitrogen and oxygen atoms in total. The number of hydrogen-bond acceptors (Lipinski definition) is 5. The Morgan fingerprint density at radius 2 is 2.24 bits per heavy atom. The summed E-state index contributed by atoms with van der Waals surface area (Å²) in [6, 6.07) is 6.49. The Bertz CT molecular complexity index is 573. The third-order valence-electron chi connectivity index (χ3n) is 3.28. The molecule has 0 bridgehead atoms. The number of ether oxygens (including phenoxy) is 1. The first-order chi connectivity index (χ1) is 10.0. The first-order valence-electron chi connectivity index (χ1n) is 6.61. The molecule has 7 heteroatoms. The number of carbonyl (C=O) groups is 3. The minimum Gasteiger partial charge on any atom is -0.492 e. The van der Waals surface area contributed by atoms with E-state index in [1.807, 2.05) is 5.43 Å². The highest BCUT2D eigenvalue weighted by atomic mass is 16.5. The van der Waals surface area contributed by atoms with Crippen molar-refractivity contribution in [1.82, 2.24) is 10.3 Å². The van der Waals surface area contributed by atoms with Gasteiger partial charge in [0.15, 0.2) is 0 Å². The monoisotopic (exact) mass is 291 g/mol. The lowest BCUT2D eigenvalue weighted by atomic mass is 10.1. The van der Waals surface area contributed by atoms with Crippen molar-refractivity contribution in [2.24, 2.45) is 11.8 Å². The van der Waals surface area contributed by atoms with Crippen LogP contribution in [0, 0.1) is 5.92 Å². The van der Waals surface area contributed by atoms with Gasteiger partial charge in [0, 0.05) is 17.9 Å². The number of carbonyl (C=O) groups excluding carboxylic acids is 3. The Morgan fingerprint density at radius 3 is 2.86 bits per heavy atom. The number of benzene rings is 1. The van der Waals surface area contributed by atoms with E-state index in [2.05, 4.69) is 0 Å². The average Bonchev–Trinajstić information content (AvgIpc) is 2.73. The van der Waals surface area contributed by atoms with Gasteiger partial charge >= 0.3 is 0 Å². The molecule has 2 rings (SSSR count). The van der Waals surface area contributed by atoms with Gasteiger partial charge in [-0.1, -0.05) is 13.0 Å². The molecule has 0 radical (unpaired) electrons. The zero-order valence-corrected chi connectivity index (χ0v) is 11.7. The smallest absolute Gasteiger partial charge is 0.265 e. The first-order valence-corrected chi connectivity index (χ1v) is 6.61. The normalized spacial score (nSPS) is 18.0. The Balaban J connectivity index is 1.91. The number of rotatable bonds is 5. The van der Waals surface area contributed by atoms with Crippen LogP contribution in [0.4, 0.5) is 0 Å². The second kappa shape index (κ2) is 6.36. The van der Waals surface area contributed by atoms with E-state index in [1.165, 1.54) is 4.90 Å². The molecule has 1 saturated heterocycles. The van der Waals surface area contributed by atoms with Crippen LogP contribution in [0.2, 0.25) is 0 Å². The summed E-state index contributed by atoms with van der Waals surface area (Å²) in [5.74, 6) is 4.52. The van der Waals surface area contributed by atoms with E-state index in [1.54, 1.807) is 31.2 Å². The fraction of sp³-hybridized carbons (Fsp3) is 0.357. The van der Waals surface area contributed by atoms with Crippen LogP contribution in [0.25, 0.3) is 0 Å². The van der Waals surface area contributed by atoms with Crippen molar-refractivity contribution in [3.63, 3.8) is 0 Å². The molecule has 1 fully saturated rings. The van der Waals surface area contributed by atoms with E-state index >= 15 is 0 Å². The van der Waals surface area contributed by atoms with Gasteiger partial charge in [0.25, 0.3) is 5.91 Å². The molecule has 0 aliphatic carbocycles. The molecule has 0 saturated carbocycles. The molecule has 3 amide bonds. The summed E-state index contributed by atoms with van der Waals surface area (Å²) in [7, 11) is 0. The Kier molecular flexibility index (Phi) is 4.54. The summed E-state index contributed by atoms with van der Waals surface area (Å²) in [5, 5.41) is 0. The summed E-state index contributed by atoms with van der Waals surface area (Å²) in [6.45, 7) is 2.11. The van der Waals surface area contributed by atoms with Crippen LogP contribution in [-0.4, -0.2) is 35.8 Å². The van der Waals surface area contributed by atoms with Crippen LogP contribution < -0.4 is 16.0 Å². The van der Waals surface area contributed by atoms with E-state index in [9.17, 15) is 14.4 Å². The largest absolute Gasteiger partial charge is 0.492 e. The maximum atomic E-state index is 11.7. The predicted molar refractivity (Wildman–Crippen MR) is 74.1 cm³/mol. The van der Waals surface area contributed by atoms with Crippen molar-refractivity contribution in [1.29, 1.82) is 0 Å². The Hall–Kier alpha value is -2.41. The molecular formula is C14H17N3O4. The highest BCUT2D eigenvalue weighted by Crippen LogP contribution is 2.19. The van der Waals surface area contributed by atoms with E-state index in [0.29, 0.717) is 11.3 Å². The highest BCUT2D eigenvalue weighted by molar-refractivity contribution is 6.03. The number of hydrazine groups is 1. The second-order valence-electron chi connectivity index (χ2n) is 4.84. The number of hydrogen-bond donors (Lipinski definition) is 2. The number of amides is 3. The molecule has 1 atom stereocenters. The lowest BCUT2D eigenvalue weighted by molar-refractivity contribution is -0.139. The highest BCUT2D eigenvalue weighted by Gasteiger charge is 2.35. The van der Waals surface area contributed by atoms with Gasteiger partial charge in [-0.15, -0.1) is 0 Å². The van der Waals surface area contributed by atoms with Gasteiger partial charge < -0.3 is 4.74 Å². The number of nitrogen functional groups attached to an aromatic ring is 1. The number of nitrogens with zero attached hydrogens (tertiary/aromatic N) is 1. The molecule has 3 N–H and O–H groups in total. The van der Waals surface area contributed by atoms with Crippen molar-refractivity contribution in [3.05, 3.63) is 29.8 Å². The molecule has 0 spiro atoms. The van der Waals surface area contributed by atoms with Gasteiger partial charge in [0.05, 0.1) is 6.54 Å². The van der Waals surface area contributed by atoms with E-state index in [4.69, 9.17) is 10.6 Å². The molecule has 0 aromatic heterocycles. The van der Waals surface area contributed by atoms with Crippen molar-refractivity contribution < 1.29 is 19.1 Å². The van der Waals surface area contributed by atoms with Gasteiger partial charge in [-0.05, 0) is 18.2 Å². The van der Waals surface area contributed by atoms with Crippen LogP contribution >= 0.6 is 0 Å². The molecule has 1 aliphatic rings. The van der Waals surface area contributed by atoms with E-state index in [-0.39, 0.29) is 37.3 Å². The van der Waals surface area contributed by atoms with Gasteiger partial charge in [-0.3, -0.25) is 24.7 Å². The SMILES string of the molecule is CC1CC(=O)N(CCOc2cccc(C(=O)NN)c2)C1=O. The van der Waals surface area contributed by atoms with Crippen molar-refractivity contribution in [3.8, 4) is 5.75 Å². The predicted octanol–water partition coefficient (Wildman–Crippen LogP) is 0.0639. The number of likely N-dealkylation sites (tertiary alicyclic amines) is 1. The molecular weight excluding hydrogens is 274 g/mol.